The van der Waals surface area contributed by atoms with Gasteiger partial charge >= 0.3 is 0 Å². The Kier molecular flexibility index (Phi) is 5.48. The minimum Gasteiger partial charge on any atom is -0.384 e. The fourth-order valence-electron chi connectivity index (χ4n) is 3.52. The summed E-state index contributed by atoms with van der Waals surface area (Å²) in [6, 6.07) is 14.8. The second-order valence-corrected chi connectivity index (χ2v) is 6.65. The molecule has 4 heteroatoms. The summed E-state index contributed by atoms with van der Waals surface area (Å²) in [5.74, 6) is 0.131. The Balaban J connectivity index is 1.58. The summed E-state index contributed by atoms with van der Waals surface area (Å²) >= 11 is 0. The first kappa shape index (κ1) is 16.9. The number of carbonyl (C=O) groups excluding carboxylic acids is 1. The van der Waals surface area contributed by atoms with Crippen LogP contribution in [-0.2, 0) is 16.0 Å². The van der Waals surface area contributed by atoms with Gasteiger partial charge in [0.05, 0.1) is 12.0 Å². The van der Waals surface area contributed by atoms with Crippen LogP contribution in [0.2, 0.25) is 0 Å². The highest BCUT2D eigenvalue weighted by atomic mass is 16.5. The summed E-state index contributed by atoms with van der Waals surface area (Å²) in [5.41, 5.74) is 0.878. The molecule has 4 nitrogen and oxygen atoms in total. The number of ether oxygens (including phenoxy) is 1. The van der Waals surface area contributed by atoms with Gasteiger partial charge in [0.1, 0.15) is 0 Å². The topological polar surface area (TPSA) is 50.4 Å². The summed E-state index contributed by atoms with van der Waals surface area (Å²) in [6.45, 7) is 2.91. The Labute approximate surface area is 143 Å². The third-order valence-corrected chi connectivity index (χ3v) is 4.98. The van der Waals surface area contributed by atoms with Crippen LogP contribution >= 0.6 is 0 Å². The molecule has 0 aliphatic carbocycles. The van der Waals surface area contributed by atoms with Gasteiger partial charge in [-0.3, -0.25) is 4.79 Å². The van der Waals surface area contributed by atoms with Crippen molar-refractivity contribution in [3.63, 3.8) is 0 Å². The molecule has 3 rings (SSSR count). The molecule has 1 amide bonds. The number of amides is 1. The van der Waals surface area contributed by atoms with Crippen molar-refractivity contribution in [1.82, 2.24) is 10.6 Å². The van der Waals surface area contributed by atoms with Crippen LogP contribution in [0.25, 0.3) is 10.8 Å². The molecule has 24 heavy (non-hydrogen) atoms. The molecule has 1 heterocycles. The van der Waals surface area contributed by atoms with Gasteiger partial charge in [-0.15, -0.1) is 0 Å². The van der Waals surface area contributed by atoms with Gasteiger partial charge in [-0.2, -0.15) is 0 Å². The molecule has 0 radical (unpaired) electrons. The maximum atomic E-state index is 12.7. The average molecular weight is 326 g/mol. The molecular formula is C20H26N2O2. The first-order chi connectivity index (χ1) is 11.7. The lowest BCUT2D eigenvalue weighted by atomic mass is 9.78. The van der Waals surface area contributed by atoms with Gasteiger partial charge in [-0.1, -0.05) is 42.5 Å². The smallest absolute Gasteiger partial charge is 0.228 e. The normalized spacial score (nSPS) is 16.9. The quantitative estimate of drug-likeness (QED) is 0.857. The highest BCUT2D eigenvalue weighted by molar-refractivity contribution is 5.84. The number of fused-ring (bicyclic) bond motifs is 1. The van der Waals surface area contributed by atoms with Gasteiger partial charge in [0.15, 0.2) is 0 Å². The Morgan fingerprint density at radius 1 is 1.17 bits per heavy atom. The zero-order valence-electron chi connectivity index (χ0n) is 14.3. The third-order valence-electron chi connectivity index (χ3n) is 4.98. The number of methoxy groups -OCH3 is 1. The molecular weight excluding hydrogens is 300 g/mol. The van der Waals surface area contributed by atoms with Crippen LogP contribution in [0.15, 0.2) is 42.5 Å². The maximum absolute atomic E-state index is 12.7. The van der Waals surface area contributed by atoms with Crippen LogP contribution in [0.3, 0.4) is 0 Å². The molecule has 0 saturated carbocycles. The van der Waals surface area contributed by atoms with Crippen LogP contribution in [0.4, 0.5) is 0 Å². The molecule has 2 aromatic rings. The first-order valence-corrected chi connectivity index (χ1v) is 8.69. The van der Waals surface area contributed by atoms with Crippen LogP contribution in [0.1, 0.15) is 18.4 Å². The molecule has 1 aliphatic rings. The lowest BCUT2D eigenvalue weighted by molar-refractivity contribution is -0.136. The van der Waals surface area contributed by atoms with E-state index in [-0.39, 0.29) is 11.3 Å². The summed E-state index contributed by atoms with van der Waals surface area (Å²) in [7, 11) is 1.67. The van der Waals surface area contributed by atoms with Crippen molar-refractivity contribution in [1.29, 1.82) is 0 Å². The fourth-order valence-corrected chi connectivity index (χ4v) is 3.52. The van der Waals surface area contributed by atoms with Crippen LogP contribution in [0, 0.1) is 5.41 Å². The predicted molar refractivity (Wildman–Crippen MR) is 97.1 cm³/mol. The van der Waals surface area contributed by atoms with E-state index < -0.39 is 0 Å². The minimum atomic E-state index is -0.372. The van der Waals surface area contributed by atoms with Gasteiger partial charge in [0, 0.05) is 13.7 Å². The van der Waals surface area contributed by atoms with Crippen molar-refractivity contribution in [2.45, 2.75) is 19.3 Å². The van der Waals surface area contributed by atoms with Crippen LogP contribution in [-0.4, -0.2) is 39.3 Å². The fraction of sp³-hybridized carbons (Fsp3) is 0.450. The van der Waals surface area contributed by atoms with Crippen LogP contribution in [0.5, 0.6) is 0 Å². The van der Waals surface area contributed by atoms with Crippen molar-refractivity contribution in [2.24, 2.45) is 5.41 Å². The molecule has 0 atom stereocenters. The van der Waals surface area contributed by atoms with E-state index in [0.717, 1.165) is 32.4 Å². The lowest BCUT2D eigenvalue weighted by Gasteiger charge is -2.35. The Morgan fingerprint density at radius 2 is 1.92 bits per heavy atom. The van der Waals surface area contributed by atoms with Crippen molar-refractivity contribution in [3.05, 3.63) is 48.0 Å². The first-order valence-electron chi connectivity index (χ1n) is 8.69. The number of nitrogens with one attached hydrogen (secondary N) is 2. The van der Waals surface area contributed by atoms with Gasteiger partial charge in [0.2, 0.25) is 5.91 Å². The summed E-state index contributed by atoms with van der Waals surface area (Å²) in [6.07, 6.45) is 2.52. The van der Waals surface area contributed by atoms with E-state index in [2.05, 4.69) is 53.1 Å². The van der Waals surface area contributed by atoms with E-state index in [1.165, 1.54) is 16.3 Å². The number of piperidine rings is 1. The summed E-state index contributed by atoms with van der Waals surface area (Å²) in [4.78, 5) is 12.7. The predicted octanol–water partition coefficient (Wildman–Crippen LogP) is 2.51. The summed E-state index contributed by atoms with van der Waals surface area (Å²) in [5, 5.41) is 8.94. The minimum absolute atomic E-state index is 0.131. The van der Waals surface area contributed by atoms with Gasteiger partial charge in [-0.05, 0) is 48.7 Å². The van der Waals surface area contributed by atoms with E-state index in [4.69, 9.17) is 4.74 Å². The van der Waals surface area contributed by atoms with E-state index in [9.17, 15) is 4.79 Å². The van der Waals surface area contributed by atoms with Gasteiger partial charge in [0.25, 0.3) is 0 Å². The van der Waals surface area contributed by atoms with Crippen molar-refractivity contribution in [2.75, 3.05) is 33.4 Å². The van der Waals surface area contributed by atoms with Gasteiger partial charge in [-0.25, -0.2) is 0 Å². The summed E-state index contributed by atoms with van der Waals surface area (Å²) < 4.78 is 5.33. The molecule has 2 aromatic carbocycles. The molecule has 1 saturated heterocycles. The van der Waals surface area contributed by atoms with E-state index >= 15 is 0 Å². The van der Waals surface area contributed by atoms with Crippen molar-refractivity contribution >= 4 is 16.7 Å². The largest absolute Gasteiger partial charge is 0.384 e. The number of rotatable bonds is 6. The molecule has 0 spiro atoms. The Hall–Kier alpha value is -1.91. The van der Waals surface area contributed by atoms with Gasteiger partial charge < -0.3 is 15.4 Å². The van der Waals surface area contributed by atoms with E-state index in [1.54, 1.807) is 7.11 Å². The number of hydrogen-bond acceptors (Lipinski definition) is 3. The van der Waals surface area contributed by atoms with Crippen molar-refractivity contribution < 1.29 is 9.53 Å². The molecule has 0 aromatic heterocycles. The molecule has 1 fully saturated rings. The third kappa shape index (κ3) is 3.77. The molecule has 1 aliphatic heterocycles. The second-order valence-electron chi connectivity index (χ2n) is 6.65. The van der Waals surface area contributed by atoms with Crippen LogP contribution < -0.4 is 10.6 Å². The molecule has 128 valence electrons. The molecule has 0 bridgehead atoms. The number of carbonyl (C=O) groups is 1. The SMILES string of the molecule is COCC1(C(=O)NCCc2ccc3ccccc3c2)CCNCC1. The van der Waals surface area contributed by atoms with Crippen molar-refractivity contribution in [3.8, 4) is 0 Å². The highest BCUT2D eigenvalue weighted by Gasteiger charge is 2.39. The van der Waals surface area contributed by atoms with E-state index in [1.807, 2.05) is 0 Å². The zero-order chi connectivity index (χ0) is 16.8. The number of benzene rings is 2. The molecule has 0 unspecified atom stereocenters. The highest BCUT2D eigenvalue weighted by Crippen LogP contribution is 2.29. The second kappa shape index (κ2) is 7.77. The Bertz CT molecular complexity index is 687. The number of hydrogen-bond donors (Lipinski definition) is 2. The maximum Gasteiger partial charge on any atom is 0.228 e. The van der Waals surface area contributed by atoms with E-state index in [0.29, 0.717) is 13.2 Å². The lowest BCUT2D eigenvalue weighted by Crippen LogP contribution is -2.50. The molecule has 2 N–H and O–H groups in total. The monoisotopic (exact) mass is 326 g/mol. The zero-order valence-corrected chi connectivity index (χ0v) is 14.3. The standard InChI is InChI=1S/C20H26N2O2/c1-24-15-20(9-12-21-13-10-20)19(23)22-11-8-16-6-7-17-4-2-3-5-18(17)14-16/h2-7,14,21H,8-13,15H2,1H3,(H,22,23). The average Bonchev–Trinajstić information content (AvgIpc) is 2.62. The Morgan fingerprint density at radius 3 is 2.67 bits per heavy atom.